The maximum Gasteiger partial charge on any atom is 0.132 e. The highest BCUT2D eigenvalue weighted by Crippen LogP contribution is 2.13. The van der Waals surface area contributed by atoms with Gasteiger partial charge in [0.05, 0.1) is 11.6 Å². The first-order chi connectivity index (χ1) is 8.69. The van der Waals surface area contributed by atoms with Crippen LogP contribution in [0.2, 0.25) is 5.15 Å². The molecule has 1 N–H and O–H groups in total. The van der Waals surface area contributed by atoms with Gasteiger partial charge in [0.15, 0.2) is 0 Å². The minimum absolute atomic E-state index is 0.313. The van der Waals surface area contributed by atoms with Crippen LogP contribution in [0.15, 0.2) is 24.5 Å². The van der Waals surface area contributed by atoms with Crippen LogP contribution < -0.4 is 5.32 Å². The van der Waals surface area contributed by atoms with Gasteiger partial charge < -0.3 is 9.88 Å². The molecule has 2 rings (SSSR count). The molecular weight excluding hydrogens is 250 g/mol. The molecule has 0 atom stereocenters. The summed E-state index contributed by atoms with van der Waals surface area (Å²) in [5.41, 5.74) is 0.495. The highest BCUT2D eigenvalue weighted by molar-refractivity contribution is 6.29. The van der Waals surface area contributed by atoms with Gasteiger partial charge in [0.25, 0.3) is 0 Å². The molecule has 0 aromatic carbocycles. The summed E-state index contributed by atoms with van der Waals surface area (Å²) in [7, 11) is 1.95. The fourth-order valence-corrected chi connectivity index (χ4v) is 1.80. The van der Waals surface area contributed by atoms with Crippen molar-refractivity contribution in [3.8, 4) is 6.07 Å². The molecule has 0 fully saturated rings. The van der Waals surface area contributed by atoms with Crippen LogP contribution in [0.3, 0.4) is 0 Å². The third kappa shape index (κ3) is 2.99. The number of anilines is 1. The lowest BCUT2D eigenvalue weighted by Crippen LogP contribution is -2.09. The van der Waals surface area contributed by atoms with Gasteiger partial charge in [-0.25, -0.2) is 9.97 Å². The Bertz CT molecular complexity index is 584. The fourth-order valence-electron chi connectivity index (χ4n) is 1.59. The second kappa shape index (κ2) is 5.52. The molecule has 6 heteroatoms. The minimum atomic E-state index is 0.313. The smallest absolute Gasteiger partial charge is 0.132 e. The number of rotatable bonds is 4. The largest absolute Gasteiger partial charge is 0.370 e. The van der Waals surface area contributed by atoms with Crippen molar-refractivity contribution in [2.24, 2.45) is 7.05 Å². The summed E-state index contributed by atoms with van der Waals surface area (Å²) in [6.07, 6.45) is 4.45. The maximum atomic E-state index is 8.82. The van der Waals surface area contributed by atoms with E-state index in [-0.39, 0.29) is 0 Å². The molecule has 2 aromatic heterocycles. The zero-order chi connectivity index (χ0) is 13.0. The molecule has 92 valence electrons. The van der Waals surface area contributed by atoms with Gasteiger partial charge in [-0.2, -0.15) is 5.26 Å². The molecule has 0 saturated heterocycles. The van der Waals surface area contributed by atoms with Gasteiger partial charge in [-0.1, -0.05) is 11.6 Å². The van der Waals surface area contributed by atoms with Gasteiger partial charge in [-0.3, -0.25) is 0 Å². The zero-order valence-corrected chi connectivity index (χ0v) is 10.6. The van der Waals surface area contributed by atoms with Gasteiger partial charge in [-0.05, 0) is 12.1 Å². The molecule has 0 unspecified atom stereocenters. The molecule has 0 aliphatic carbocycles. The van der Waals surface area contributed by atoms with E-state index >= 15 is 0 Å². The van der Waals surface area contributed by atoms with Crippen molar-refractivity contribution in [3.05, 3.63) is 41.1 Å². The Morgan fingerprint density at radius 2 is 2.33 bits per heavy atom. The minimum Gasteiger partial charge on any atom is -0.370 e. The lowest BCUT2D eigenvalue weighted by Gasteiger charge is -2.06. The van der Waals surface area contributed by atoms with E-state index in [9.17, 15) is 0 Å². The Morgan fingerprint density at radius 3 is 3.00 bits per heavy atom. The van der Waals surface area contributed by atoms with Crippen LogP contribution in [0.5, 0.6) is 0 Å². The molecule has 5 nitrogen and oxygen atoms in total. The first-order valence-corrected chi connectivity index (χ1v) is 5.84. The molecule has 0 amide bonds. The summed E-state index contributed by atoms with van der Waals surface area (Å²) < 4.78 is 1.97. The molecule has 2 aromatic rings. The average molecular weight is 262 g/mol. The normalized spacial score (nSPS) is 10.1. The SMILES string of the molecule is Cn1ccnc1CCNc1cc(C#N)cc(Cl)n1. The predicted molar refractivity (Wildman–Crippen MR) is 69.4 cm³/mol. The van der Waals surface area contributed by atoms with E-state index in [1.807, 2.05) is 23.9 Å². The maximum absolute atomic E-state index is 8.82. The van der Waals surface area contributed by atoms with Crippen molar-refractivity contribution in [1.29, 1.82) is 5.26 Å². The van der Waals surface area contributed by atoms with Crippen molar-refractivity contribution < 1.29 is 0 Å². The first-order valence-electron chi connectivity index (χ1n) is 5.47. The number of pyridine rings is 1. The lowest BCUT2D eigenvalue weighted by molar-refractivity contribution is 0.788. The predicted octanol–water partition coefficient (Wildman–Crippen LogP) is 1.99. The van der Waals surface area contributed by atoms with Crippen LogP contribution >= 0.6 is 11.6 Å². The van der Waals surface area contributed by atoms with E-state index in [1.54, 1.807) is 12.3 Å². The number of hydrogen-bond acceptors (Lipinski definition) is 4. The van der Waals surface area contributed by atoms with Crippen molar-refractivity contribution >= 4 is 17.4 Å². The van der Waals surface area contributed by atoms with E-state index in [2.05, 4.69) is 15.3 Å². The number of halogens is 1. The molecule has 18 heavy (non-hydrogen) atoms. The number of aromatic nitrogens is 3. The molecule has 0 spiro atoms. The summed E-state index contributed by atoms with van der Waals surface area (Å²) in [6, 6.07) is 5.24. The van der Waals surface area contributed by atoms with Crippen LogP contribution in [0.1, 0.15) is 11.4 Å². The molecule has 0 saturated carbocycles. The number of nitrogens with one attached hydrogen (secondary N) is 1. The molecular formula is C12H12ClN5. The highest BCUT2D eigenvalue weighted by atomic mass is 35.5. The van der Waals surface area contributed by atoms with Crippen LogP contribution in [-0.4, -0.2) is 21.1 Å². The number of nitriles is 1. The Balaban J connectivity index is 1.97. The van der Waals surface area contributed by atoms with Crippen molar-refractivity contribution in [1.82, 2.24) is 14.5 Å². The summed E-state index contributed by atoms with van der Waals surface area (Å²) in [6.45, 7) is 0.684. The van der Waals surface area contributed by atoms with Gasteiger partial charge in [0, 0.05) is 32.4 Å². The van der Waals surface area contributed by atoms with E-state index in [4.69, 9.17) is 16.9 Å². The quantitative estimate of drug-likeness (QED) is 0.855. The van der Waals surface area contributed by atoms with Gasteiger partial charge >= 0.3 is 0 Å². The lowest BCUT2D eigenvalue weighted by atomic mass is 10.3. The molecule has 2 heterocycles. The topological polar surface area (TPSA) is 66.5 Å². The number of imidazole rings is 1. The molecule has 0 bridgehead atoms. The summed E-state index contributed by atoms with van der Waals surface area (Å²) in [5.74, 6) is 1.60. The monoisotopic (exact) mass is 261 g/mol. The average Bonchev–Trinajstić information content (AvgIpc) is 2.74. The second-order valence-electron chi connectivity index (χ2n) is 3.81. The van der Waals surface area contributed by atoms with E-state index in [0.717, 1.165) is 12.2 Å². The van der Waals surface area contributed by atoms with Crippen molar-refractivity contribution in [3.63, 3.8) is 0 Å². The van der Waals surface area contributed by atoms with Crippen LogP contribution in [0.4, 0.5) is 5.82 Å². The van der Waals surface area contributed by atoms with Crippen molar-refractivity contribution in [2.75, 3.05) is 11.9 Å². The zero-order valence-electron chi connectivity index (χ0n) is 9.89. The Morgan fingerprint density at radius 1 is 1.50 bits per heavy atom. The van der Waals surface area contributed by atoms with Gasteiger partial charge in [-0.15, -0.1) is 0 Å². The number of hydrogen-bond donors (Lipinski definition) is 1. The standard InChI is InChI=1S/C12H12ClN5/c1-18-5-4-16-12(18)2-3-15-11-7-9(8-14)6-10(13)17-11/h4-7H,2-3H2,1H3,(H,15,17). The summed E-state index contributed by atoms with van der Waals surface area (Å²) in [5, 5.41) is 12.3. The Hall–Kier alpha value is -2.06. The van der Waals surface area contributed by atoms with Crippen molar-refractivity contribution in [2.45, 2.75) is 6.42 Å². The first kappa shape index (κ1) is 12.4. The number of aryl methyl sites for hydroxylation is 1. The highest BCUT2D eigenvalue weighted by Gasteiger charge is 2.02. The third-order valence-electron chi connectivity index (χ3n) is 2.50. The van der Waals surface area contributed by atoms with Gasteiger partial charge in [0.1, 0.15) is 16.8 Å². The molecule has 0 aliphatic rings. The Labute approximate surface area is 110 Å². The van der Waals surface area contributed by atoms with Crippen LogP contribution in [-0.2, 0) is 13.5 Å². The molecule has 0 aliphatic heterocycles. The van der Waals surface area contributed by atoms with E-state index in [0.29, 0.717) is 23.1 Å². The van der Waals surface area contributed by atoms with Gasteiger partial charge in [0.2, 0.25) is 0 Å². The fraction of sp³-hybridized carbons (Fsp3) is 0.250. The van der Waals surface area contributed by atoms with Crippen LogP contribution in [0, 0.1) is 11.3 Å². The summed E-state index contributed by atoms with van der Waals surface area (Å²) >= 11 is 5.81. The number of nitrogens with zero attached hydrogens (tertiary/aromatic N) is 4. The molecule has 0 radical (unpaired) electrons. The van der Waals surface area contributed by atoms with E-state index < -0.39 is 0 Å². The Kier molecular flexibility index (Phi) is 3.80. The van der Waals surface area contributed by atoms with E-state index in [1.165, 1.54) is 6.07 Å². The van der Waals surface area contributed by atoms with Crippen LogP contribution in [0.25, 0.3) is 0 Å². The third-order valence-corrected chi connectivity index (χ3v) is 2.69. The summed E-state index contributed by atoms with van der Waals surface area (Å²) in [4.78, 5) is 8.32. The second-order valence-corrected chi connectivity index (χ2v) is 4.19.